The van der Waals surface area contributed by atoms with Crippen LogP contribution in [0.15, 0.2) is 24.3 Å². The van der Waals surface area contributed by atoms with E-state index in [0.717, 1.165) is 24.3 Å². The van der Waals surface area contributed by atoms with Gasteiger partial charge in [-0.3, -0.25) is 9.59 Å². The van der Waals surface area contributed by atoms with Gasteiger partial charge in [-0.25, -0.2) is 0 Å². The van der Waals surface area contributed by atoms with Gasteiger partial charge in [0, 0.05) is 11.1 Å². The SMILES string of the molecule is CC(C)(CC(=O)O)NC(=O)c1ccc(C(F)(F)F)cc1. The van der Waals surface area contributed by atoms with Gasteiger partial charge in [0.05, 0.1) is 12.0 Å². The zero-order valence-corrected chi connectivity index (χ0v) is 10.9. The van der Waals surface area contributed by atoms with Crippen LogP contribution < -0.4 is 5.32 Å². The predicted octanol–water partition coefficient (Wildman–Crippen LogP) is 2.69. The zero-order valence-electron chi connectivity index (χ0n) is 10.9. The minimum Gasteiger partial charge on any atom is -0.481 e. The van der Waals surface area contributed by atoms with Crippen LogP contribution in [0, 0.1) is 0 Å². The van der Waals surface area contributed by atoms with E-state index in [1.54, 1.807) is 0 Å². The van der Waals surface area contributed by atoms with E-state index in [1.165, 1.54) is 13.8 Å². The first-order chi connectivity index (χ1) is 9.01. The number of amides is 1. The number of aliphatic carboxylic acids is 1. The number of halogens is 3. The van der Waals surface area contributed by atoms with E-state index in [9.17, 15) is 22.8 Å². The topological polar surface area (TPSA) is 66.4 Å². The van der Waals surface area contributed by atoms with Crippen molar-refractivity contribution in [3.05, 3.63) is 35.4 Å². The number of carboxylic acid groups (broad SMARTS) is 1. The average molecular weight is 289 g/mol. The Morgan fingerprint density at radius 3 is 2.05 bits per heavy atom. The van der Waals surface area contributed by atoms with Crippen LogP contribution in [0.5, 0.6) is 0 Å². The molecule has 0 aliphatic heterocycles. The molecule has 4 nitrogen and oxygen atoms in total. The fourth-order valence-corrected chi connectivity index (χ4v) is 1.61. The van der Waals surface area contributed by atoms with Crippen LogP contribution in [0.2, 0.25) is 0 Å². The van der Waals surface area contributed by atoms with Gasteiger partial charge in [-0.1, -0.05) is 0 Å². The number of nitrogens with one attached hydrogen (secondary N) is 1. The number of carbonyl (C=O) groups is 2. The van der Waals surface area contributed by atoms with Gasteiger partial charge in [0.15, 0.2) is 0 Å². The summed E-state index contributed by atoms with van der Waals surface area (Å²) in [4.78, 5) is 22.4. The number of benzene rings is 1. The molecule has 1 aromatic rings. The lowest BCUT2D eigenvalue weighted by Gasteiger charge is -2.24. The largest absolute Gasteiger partial charge is 0.481 e. The van der Waals surface area contributed by atoms with E-state index < -0.39 is 29.2 Å². The van der Waals surface area contributed by atoms with Crippen molar-refractivity contribution in [2.75, 3.05) is 0 Å². The van der Waals surface area contributed by atoms with Gasteiger partial charge in [0.2, 0.25) is 0 Å². The lowest BCUT2D eigenvalue weighted by molar-refractivity contribution is -0.139. The third-order valence-electron chi connectivity index (χ3n) is 2.52. The van der Waals surface area contributed by atoms with Gasteiger partial charge >= 0.3 is 12.1 Å². The Balaban J connectivity index is 2.81. The first-order valence-corrected chi connectivity index (χ1v) is 5.73. The van der Waals surface area contributed by atoms with Gasteiger partial charge in [-0.15, -0.1) is 0 Å². The summed E-state index contributed by atoms with van der Waals surface area (Å²) in [6, 6.07) is 3.71. The van der Waals surface area contributed by atoms with Gasteiger partial charge in [0.1, 0.15) is 0 Å². The highest BCUT2D eigenvalue weighted by atomic mass is 19.4. The van der Waals surface area contributed by atoms with Crippen molar-refractivity contribution >= 4 is 11.9 Å². The first kappa shape index (κ1) is 16.0. The fourth-order valence-electron chi connectivity index (χ4n) is 1.61. The molecule has 0 unspecified atom stereocenters. The lowest BCUT2D eigenvalue weighted by Crippen LogP contribution is -2.44. The van der Waals surface area contributed by atoms with Crippen LogP contribution in [0.1, 0.15) is 36.2 Å². The van der Waals surface area contributed by atoms with Crippen molar-refractivity contribution in [1.29, 1.82) is 0 Å². The molecule has 1 amide bonds. The molecule has 0 saturated carbocycles. The van der Waals surface area contributed by atoms with Crippen LogP contribution in [-0.4, -0.2) is 22.5 Å². The van der Waals surface area contributed by atoms with E-state index in [4.69, 9.17) is 5.11 Å². The number of carbonyl (C=O) groups excluding carboxylic acids is 1. The number of hydrogen-bond acceptors (Lipinski definition) is 2. The summed E-state index contributed by atoms with van der Waals surface area (Å²) in [5.74, 6) is -1.70. The second-order valence-corrected chi connectivity index (χ2v) is 4.98. The van der Waals surface area contributed by atoms with Crippen LogP contribution in [0.3, 0.4) is 0 Å². The minimum atomic E-state index is -4.46. The summed E-state index contributed by atoms with van der Waals surface area (Å²) in [6.45, 7) is 3.03. The van der Waals surface area contributed by atoms with E-state index in [-0.39, 0.29) is 12.0 Å². The number of alkyl halides is 3. The molecular weight excluding hydrogens is 275 g/mol. The van der Waals surface area contributed by atoms with Crippen molar-refractivity contribution in [3.63, 3.8) is 0 Å². The Morgan fingerprint density at radius 2 is 1.65 bits per heavy atom. The van der Waals surface area contributed by atoms with Gasteiger partial charge in [-0.2, -0.15) is 13.2 Å². The van der Waals surface area contributed by atoms with E-state index in [2.05, 4.69) is 5.32 Å². The lowest BCUT2D eigenvalue weighted by atomic mass is 10.00. The van der Waals surface area contributed by atoms with Crippen molar-refractivity contribution in [2.24, 2.45) is 0 Å². The summed E-state index contributed by atoms with van der Waals surface area (Å²) in [6.07, 6.45) is -4.75. The van der Waals surface area contributed by atoms with Crippen molar-refractivity contribution in [3.8, 4) is 0 Å². The zero-order chi connectivity index (χ0) is 15.6. The highest BCUT2D eigenvalue weighted by molar-refractivity contribution is 5.95. The van der Waals surface area contributed by atoms with Crippen LogP contribution >= 0.6 is 0 Å². The van der Waals surface area contributed by atoms with E-state index in [1.807, 2.05) is 0 Å². The van der Waals surface area contributed by atoms with Gasteiger partial charge in [0.25, 0.3) is 5.91 Å². The molecule has 0 aromatic heterocycles. The van der Waals surface area contributed by atoms with Crippen LogP contribution in [-0.2, 0) is 11.0 Å². The monoisotopic (exact) mass is 289 g/mol. The van der Waals surface area contributed by atoms with Crippen LogP contribution in [0.25, 0.3) is 0 Å². The molecular formula is C13H14F3NO3. The predicted molar refractivity (Wildman–Crippen MR) is 65.2 cm³/mol. The Hall–Kier alpha value is -2.05. The standard InChI is InChI=1S/C13H14F3NO3/c1-12(2,7-10(18)19)17-11(20)8-3-5-9(6-4-8)13(14,15)16/h3-6H,7H2,1-2H3,(H,17,20)(H,18,19). The molecule has 0 spiro atoms. The molecule has 110 valence electrons. The first-order valence-electron chi connectivity index (χ1n) is 5.73. The maximum absolute atomic E-state index is 12.4. The smallest absolute Gasteiger partial charge is 0.416 e. The Kier molecular flexibility index (Phi) is 4.42. The van der Waals surface area contributed by atoms with Gasteiger partial charge in [-0.05, 0) is 38.1 Å². The summed E-state index contributed by atoms with van der Waals surface area (Å²) in [5, 5.41) is 11.1. The maximum Gasteiger partial charge on any atom is 0.416 e. The molecule has 2 N–H and O–H groups in total. The molecule has 0 aliphatic rings. The molecule has 0 aliphatic carbocycles. The van der Waals surface area contributed by atoms with E-state index >= 15 is 0 Å². The number of carboxylic acids is 1. The third kappa shape index (κ3) is 4.56. The second-order valence-electron chi connectivity index (χ2n) is 4.98. The minimum absolute atomic E-state index is 0.0384. The highest BCUT2D eigenvalue weighted by Crippen LogP contribution is 2.29. The molecule has 0 radical (unpaired) electrons. The van der Waals surface area contributed by atoms with Crippen LogP contribution in [0.4, 0.5) is 13.2 Å². The quantitative estimate of drug-likeness (QED) is 0.895. The number of hydrogen-bond donors (Lipinski definition) is 2. The molecule has 1 rings (SSSR count). The number of rotatable bonds is 4. The Labute approximate surface area is 113 Å². The normalized spacial score (nSPS) is 12.1. The van der Waals surface area contributed by atoms with Gasteiger partial charge < -0.3 is 10.4 Å². The molecule has 20 heavy (non-hydrogen) atoms. The Bertz CT molecular complexity index is 507. The second kappa shape index (κ2) is 5.52. The average Bonchev–Trinajstić information content (AvgIpc) is 2.25. The van der Waals surface area contributed by atoms with E-state index in [0.29, 0.717) is 0 Å². The molecule has 7 heteroatoms. The fraction of sp³-hybridized carbons (Fsp3) is 0.385. The highest BCUT2D eigenvalue weighted by Gasteiger charge is 2.30. The maximum atomic E-state index is 12.4. The third-order valence-corrected chi connectivity index (χ3v) is 2.52. The molecule has 0 atom stereocenters. The molecule has 0 heterocycles. The molecule has 0 fully saturated rings. The molecule has 0 saturated heterocycles. The van der Waals surface area contributed by atoms with Crippen molar-refractivity contribution < 1.29 is 27.9 Å². The Morgan fingerprint density at radius 1 is 1.15 bits per heavy atom. The van der Waals surface area contributed by atoms with Crippen molar-refractivity contribution in [1.82, 2.24) is 5.32 Å². The summed E-state index contributed by atoms with van der Waals surface area (Å²) in [5.41, 5.74) is -1.80. The summed E-state index contributed by atoms with van der Waals surface area (Å²) in [7, 11) is 0. The molecule has 1 aromatic carbocycles. The summed E-state index contributed by atoms with van der Waals surface area (Å²) >= 11 is 0. The van der Waals surface area contributed by atoms with Crippen molar-refractivity contribution in [2.45, 2.75) is 32.0 Å². The molecule has 0 bridgehead atoms. The summed E-state index contributed by atoms with van der Waals surface area (Å²) < 4.78 is 37.1.